The number of likely N-dealkylation sites (tertiary alicyclic amines) is 1. The zero-order valence-electron chi connectivity index (χ0n) is 33.6. The fourth-order valence-electron chi connectivity index (χ4n) is 7.48. The van der Waals surface area contributed by atoms with Gasteiger partial charge >= 0.3 is 6.09 Å². The van der Waals surface area contributed by atoms with Crippen molar-refractivity contribution < 1.29 is 18.8 Å². The van der Waals surface area contributed by atoms with Gasteiger partial charge < -0.3 is 34.5 Å². The maximum Gasteiger partial charge on any atom is 0.410 e. The molecule has 15 nitrogen and oxygen atoms in total. The molecule has 7 rings (SSSR count). The van der Waals surface area contributed by atoms with Gasteiger partial charge in [-0.15, -0.1) is 0 Å². The second-order valence-corrected chi connectivity index (χ2v) is 19.6. The van der Waals surface area contributed by atoms with Crippen LogP contribution in [0, 0.1) is 5.92 Å². The quantitative estimate of drug-likeness (QED) is 0.139. The lowest BCUT2D eigenvalue weighted by Gasteiger charge is -2.40. The Morgan fingerprint density at radius 2 is 1.70 bits per heavy atom. The van der Waals surface area contributed by atoms with Crippen molar-refractivity contribution in [2.24, 2.45) is 13.0 Å². The van der Waals surface area contributed by atoms with Crippen molar-refractivity contribution in [3.05, 3.63) is 60.3 Å². The molecule has 0 radical (unpaired) electrons. The standard InChI is InChI=1S/C40H51ClN11O4P/c1-40(2,3)56-39(53)52-14-10-26(11-15-52)24-50-16-18-51(19-17-50)33-21-34(55-5)32(20-28(33)27-22-45-49(4)25-27)47-38-44-23-29(41)37(48-38)46-31-9-8-30-35(43-13-12-42-30)36(31)57(6,7)54/h8-9,12-13,20-23,25-26H,10-11,14-19,24H2,1-7H3,(H2,44,46,47,48). The summed E-state index contributed by atoms with van der Waals surface area (Å²) in [6.45, 7) is 15.1. The first-order valence-corrected chi connectivity index (χ1v) is 22.2. The van der Waals surface area contributed by atoms with E-state index in [9.17, 15) is 9.36 Å². The first-order chi connectivity index (χ1) is 27.1. The van der Waals surface area contributed by atoms with Crippen LogP contribution in [0.1, 0.15) is 33.6 Å². The summed E-state index contributed by atoms with van der Waals surface area (Å²) in [5, 5.41) is 12.0. The number of hydrogen-bond acceptors (Lipinski definition) is 13. The Morgan fingerprint density at radius 1 is 0.965 bits per heavy atom. The van der Waals surface area contributed by atoms with Crippen LogP contribution >= 0.6 is 18.7 Å². The van der Waals surface area contributed by atoms with Crippen LogP contribution in [0.5, 0.6) is 5.75 Å². The van der Waals surface area contributed by atoms with Gasteiger partial charge in [-0.05, 0) is 71.1 Å². The van der Waals surface area contributed by atoms with E-state index in [0.29, 0.717) is 45.2 Å². The Balaban J connectivity index is 1.08. The van der Waals surface area contributed by atoms with Gasteiger partial charge in [0.15, 0.2) is 5.82 Å². The second kappa shape index (κ2) is 16.5. The number of hydrogen-bond donors (Lipinski definition) is 2. The molecule has 5 aromatic rings. The third kappa shape index (κ3) is 9.43. The van der Waals surface area contributed by atoms with Crippen molar-refractivity contribution in [3.8, 4) is 16.9 Å². The minimum Gasteiger partial charge on any atom is -0.494 e. The Hall–Kier alpha value is -4.98. The van der Waals surface area contributed by atoms with Gasteiger partial charge in [-0.25, -0.2) is 9.78 Å². The van der Waals surface area contributed by atoms with Gasteiger partial charge in [0.1, 0.15) is 29.0 Å². The molecule has 2 aliphatic heterocycles. The normalized spacial score (nSPS) is 15.9. The molecule has 0 saturated carbocycles. The summed E-state index contributed by atoms with van der Waals surface area (Å²) in [7, 11) is 0.735. The van der Waals surface area contributed by atoms with Gasteiger partial charge in [0.25, 0.3) is 0 Å². The fraction of sp³-hybridized carbons (Fsp3) is 0.450. The van der Waals surface area contributed by atoms with Crippen molar-refractivity contribution in [1.82, 2.24) is 39.5 Å². The SMILES string of the molecule is COc1cc(N2CCN(CC3CCN(C(=O)OC(C)(C)C)CC3)CC2)c(-c2cnn(C)c2)cc1Nc1ncc(Cl)c(Nc2ccc3nccnc3c2P(C)(C)=O)n1. The summed E-state index contributed by atoms with van der Waals surface area (Å²) in [5.74, 6) is 1.79. The molecule has 302 valence electrons. The van der Waals surface area contributed by atoms with Crippen LogP contribution in [-0.4, -0.2) is 117 Å². The fourth-order valence-corrected chi connectivity index (χ4v) is 9.01. The van der Waals surface area contributed by atoms with Gasteiger partial charge in [0, 0.05) is 94.3 Å². The number of piperidine rings is 1. The van der Waals surface area contributed by atoms with Crippen LogP contribution in [0.2, 0.25) is 5.02 Å². The molecule has 2 fully saturated rings. The summed E-state index contributed by atoms with van der Waals surface area (Å²) < 4.78 is 26.9. The number of rotatable bonds is 10. The first kappa shape index (κ1) is 40.2. The lowest BCUT2D eigenvalue weighted by molar-refractivity contribution is 0.0169. The van der Waals surface area contributed by atoms with Crippen molar-refractivity contribution in [3.63, 3.8) is 0 Å². The van der Waals surface area contributed by atoms with Crippen LogP contribution in [0.3, 0.4) is 0 Å². The highest BCUT2D eigenvalue weighted by atomic mass is 35.5. The number of ether oxygens (including phenoxy) is 2. The number of carbonyl (C=O) groups is 1. The number of aryl methyl sites for hydroxylation is 1. The molecule has 2 saturated heterocycles. The average Bonchev–Trinajstić information content (AvgIpc) is 3.61. The second-order valence-electron chi connectivity index (χ2n) is 16.0. The topological polar surface area (TPSA) is 156 Å². The Kier molecular flexibility index (Phi) is 11.6. The molecule has 5 heterocycles. The summed E-state index contributed by atoms with van der Waals surface area (Å²) >= 11 is 6.63. The summed E-state index contributed by atoms with van der Waals surface area (Å²) in [6, 6.07) is 7.75. The van der Waals surface area contributed by atoms with Crippen molar-refractivity contribution in [1.29, 1.82) is 0 Å². The highest BCUT2D eigenvalue weighted by molar-refractivity contribution is 7.71. The zero-order valence-corrected chi connectivity index (χ0v) is 35.3. The Labute approximate surface area is 338 Å². The van der Waals surface area contributed by atoms with E-state index in [2.05, 4.69) is 46.6 Å². The highest BCUT2D eigenvalue weighted by Crippen LogP contribution is 2.43. The number of fused-ring (bicyclic) bond motifs is 1. The number of nitrogens with one attached hydrogen (secondary N) is 2. The van der Waals surface area contributed by atoms with Crippen molar-refractivity contribution in [2.45, 2.75) is 39.2 Å². The minimum absolute atomic E-state index is 0.216. The molecule has 57 heavy (non-hydrogen) atoms. The van der Waals surface area contributed by atoms with E-state index in [1.54, 1.807) is 37.5 Å². The molecule has 0 unspecified atom stereocenters. The molecule has 0 atom stereocenters. The summed E-state index contributed by atoms with van der Waals surface area (Å²) in [5.41, 5.74) is 4.96. The third-order valence-corrected chi connectivity index (χ3v) is 12.0. The number of amides is 1. The number of benzene rings is 2. The molecule has 2 aromatic carbocycles. The van der Waals surface area contributed by atoms with E-state index >= 15 is 0 Å². The van der Waals surface area contributed by atoms with Crippen molar-refractivity contribution in [2.75, 3.05) is 81.8 Å². The molecular weight excluding hydrogens is 765 g/mol. The average molecular weight is 816 g/mol. The van der Waals surface area contributed by atoms with Gasteiger partial charge in [0.05, 0.1) is 41.7 Å². The molecular formula is C40H51ClN11O4P. The van der Waals surface area contributed by atoms with E-state index in [1.807, 2.05) is 63.3 Å². The molecule has 17 heteroatoms. The number of aromatic nitrogens is 6. The zero-order chi connectivity index (χ0) is 40.5. The summed E-state index contributed by atoms with van der Waals surface area (Å²) in [6.07, 6.45) is 10.3. The van der Waals surface area contributed by atoms with E-state index in [0.717, 1.165) is 75.5 Å². The molecule has 0 bridgehead atoms. The minimum atomic E-state index is -2.82. The number of methoxy groups -OCH3 is 1. The van der Waals surface area contributed by atoms with Gasteiger partial charge in [-0.1, -0.05) is 11.6 Å². The highest BCUT2D eigenvalue weighted by Gasteiger charge is 2.30. The van der Waals surface area contributed by atoms with Crippen LogP contribution in [0.4, 0.5) is 33.6 Å². The van der Waals surface area contributed by atoms with E-state index < -0.39 is 12.7 Å². The van der Waals surface area contributed by atoms with Gasteiger partial charge in [-0.2, -0.15) is 10.1 Å². The Bertz CT molecular complexity index is 2290. The van der Waals surface area contributed by atoms with Crippen LogP contribution in [-0.2, 0) is 16.3 Å². The monoisotopic (exact) mass is 815 g/mol. The predicted octanol–water partition coefficient (Wildman–Crippen LogP) is 6.99. The van der Waals surface area contributed by atoms with Crippen LogP contribution in [0.25, 0.3) is 22.2 Å². The number of anilines is 5. The van der Waals surface area contributed by atoms with E-state index in [1.165, 1.54) is 6.20 Å². The number of nitrogens with zero attached hydrogens (tertiary/aromatic N) is 9. The van der Waals surface area contributed by atoms with E-state index in [4.69, 9.17) is 26.1 Å². The molecule has 0 aliphatic carbocycles. The van der Waals surface area contributed by atoms with Gasteiger partial charge in [-0.3, -0.25) is 19.5 Å². The molecule has 2 N–H and O–H groups in total. The maximum atomic E-state index is 13.5. The van der Waals surface area contributed by atoms with Gasteiger partial charge in [0.2, 0.25) is 5.95 Å². The lowest BCUT2D eigenvalue weighted by atomic mass is 9.96. The smallest absolute Gasteiger partial charge is 0.410 e. The van der Waals surface area contributed by atoms with Crippen LogP contribution in [0.15, 0.2) is 55.2 Å². The summed E-state index contributed by atoms with van der Waals surface area (Å²) in [4.78, 5) is 37.5. The van der Waals surface area contributed by atoms with Crippen LogP contribution < -0.4 is 25.6 Å². The first-order valence-electron chi connectivity index (χ1n) is 19.2. The van der Waals surface area contributed by atoms with E-state index in [-0.39, 0.29) is 17.1 Å². The predicted molar refractivity (Wildman–Crippen MR) is 227 cm³/mol. The molecule has 2 aliphatic rings. The molecule has 0 spiro atoms. The molecule has 1 amide bonds. The Morgan fingerprint density at radius 3 is 2.37 bits per heavy atom. The number of carbonyl (C=O) groups excluding carboxylic acids is 1. The largest absolute Gasteiger partial charge is 0.494 e. The maximum absolute atomic E-state index is 13.5. The number of piperazine rings is 1. The molecule has 3 aromatic heterocycles. The third-order valence-electron chi connectivity index (χ3n) is 10.2. The van der Waals surface area contributed by atoms with Crippen molar-refractivity contribution >= 4 is 70.0 Å². The lowest BCUT2D eigenvalue weighted by Crippen LogP contribution is -2.49. The number of halogens is 1.